The molecule has 0 amide bonds. The smallest absolute Gasteiger partial charge is 0.492 e. The van der Waals surface area contributed by atoms with Crippen LogP contribution in [0.25, 0.3) is 37.6 Å². The molecule has 0 aliphatic rings. The summed E-state index contributed by atoms with van der Waals surface area (Å²) in [5.74, 6) is -0.241. The van der Waals surface area contributed by atoms with Crippen LogP contribution in [0.5, 0.6) is 17.2 Å². The van der Waals surface area contributed by atoms with E-state index >= 15 is 0 Å². The van der Waals surface area contributed by atoms with Gasteiger partial charge in [0, 0.05) is 57.3 Å². The van der Waals surface area contributed by atoms with Crippen molar-refractivity contribution in [2.24, 2.45) is 0 Å². The number of hydrogen-bond donors (Lipinski definition) is 4. The Kier molecular flexibility index (Phi) is 17.4. The average molecular weight is 1140 g/mol. The minimum Gasteiger partial charge on any atom is -0.508 e. The second kappa shape index (κ2) is 23.5. The minimum absolute atomic E-state index is 0.0146. The van der Waals surface area contributed by atoms with Crippen molar-refractivity contribution in [3.05, 3.63) is 178 Å². The van der Waals surface area contributed by atoms with E-state index in [2.05, 4.69) is 29.5 Å². The lowest BCUT2D eigenvalue weighted by molar-refractivity contribution is -0.138. The molecule has 9 rings (SSSR count). The van der Waals surface area contributed by atoms with Crippen molar-refractivity contribution in [3.63, 3.8) is 0 Å². The highest BCUT2D eigenvalue weighted by molar-refractivity contribution is 7.93. The van der Waals surface area contributed by atoms with Crippen molar-refractivity contribution in [3.8, 4) is 28.5 Å². The van der Waals surface area contributed by atoms with Crippen LogP contribution in [0.4, 0.5) is 36.6 Å². The number of ether oxygens (including phenoxy) is 2. The Bertz CT molecular complexity index is 3770. The van der Waals surface area contributed by atoms with Gasteiger partial charge in [-0.3, -0.25) is 14.6 Å². The van der Waals surface area contributed by atoms with Gasteiger partial charge in [-0.15, -0.1) is 22.7 Å². The van der Waals surface area contributed by atoms with Gasteiger partial charge < -0.3 is 24.6 Å². The van der Waals surface area contributed by atoms with Gasteiger partial charge in [-0.2, -0.15) is 26.3 Å². The summed E-state index contributed by atoms with van der Waals surface area (Å²) >= 11 is 8.51. The largest absolute Gasteiger partial charge is 0.508 e. The number of aromatic hydroxyl groups is 1. The number of nitrogens with zero attached hydrogens (tertiary/aromatic N) is 6. The Labute approximate surface area is 442 Å². The molecule has 4 aromatic heterocycles. The molecule has 9 aromatic rings. The number of aromatic nitrogens is 4. The van der Waals surface area contributed by atoms with Gasteiger partial charge in [-0.25, -0.2) is 42.7 Å². The molecule has 0 radical (unpaired) electrons. The van der Waals surface area contributed by atoms with Crippen molar-refractivity contribution in [1.29, 1.82) is 0 Å². The molecule has 0 aliphatic heterocycles. The van der Waals surface area contributed by atoms with Crippen LogP contribution < -0.4 is 24.0 Å². The van der Waals surface area contributed by atoms with Crippen molar-refractivity contribution >= 4 is 98.7 Å². The Morgan fingerprint density at radius 3 is 1.97 bits per heavy atom. The molecule has 0 unspecified atom stereocenters. The average Bonchev–Trinajstić information content (AvgIpc) is 4.13. The topological polar surface area (TPSA) is 219 Å². The highest BCUT2D eigenvalue weighted by Crippen LogP contribution is 2.40. The monoisotopic (exact) mass is 1140 g/mol. The standard InChI is InChI=1S/C21H13F3N4O3S2.C20H16ClN3O3S2.C7H6BF3O3/c1-25-12-31-18-11-14(21(22,23)24)2-4-17(18)19-16-5-3-15(10-13(16)6-7-26-19)33(29,30)28-20-27-8-9-32-20;1-27-16-4-2-14(3-5-16)13-24(20-23-10-11-28-20)29(25,26)17-6-7-18-15(12-17)8-9-22-19(18)21;9-7(10,11)4-1-2-5(8(13)14)6(12)3-4/h2-11H,12H2,(H,27,28);2-12H,13H2,1H3;1-3,12-14H. The number of benzene rings is 5. The van der Waals surface area contributed by atoms with E-state index in [0.717, 1.165) is 35.1 Å². The predicted octanol–water partition coefficient (Wildman–Crippen LogP) is 10.3. The fourth-order valence-electron chi connectivity index (χ4n) is 6.94. The molecule has 4 N–H and O–H groups in total. The first-order valence-corrected chi connectivity index (χ1v) is 26.4. The normalized spacial score (nSPS) is 11.6. The SMILES string of the molecule is COc1ccc(CN(c2nccs2)S(=O)(=O)c2ccc3c(Cl)nccc3c2)cc1.OB(O)c1ccc(C(F)(F)F)cc1O.[C-]#[N+]COc1cc(C(F)(F)F)ccc1-c1nccc2cc(S(=O)(=O)Nc3nccs3)ccc12. The molecule has 76 heavy (non-hydrogen) atoms. The molecular weight excluding hydrogens is 1110 g/mol. The fourth-order valence-corrected chi connectivity index (χ4v) is 11.3. The molecule has 0 aliphatic carbocycles. The summed E-state index contributed by atoms with van der Waals surface area (Å²) in [6.07, 6.45) is -3.12. The molecular formula is C48H35BClF6N7O9S4. The van der Waals surface area contributed by atoms with Gasteiger partial charge in [0.25, 0.3) is 20.0 Å². The number of phenolic OH excluding ortho intramolecular Hbond substituents is 1. The second-order valence-electron chi connectivity index (χ2n) is 15.4. The zero-order valence-corrected chi connectivity index (χ0v) is 42.6. The summed E-state index contributed by atoms with van der Waals surface area (Å²) < 4.78 is 142. The molecule has 0 spiro atoms. The number of methoxy groups -OCH3 is 1. The Balaban J connectivity index is 0.000000179. The molecule has 0 saturated heterocycles. The highest BCUT2D eigenvalue weighted by atomic mass is 35.5. The number of anilines is 2. The van der Waals surface area contributed by atoms with Crippen LogP contribution in [0.1, 0.15) is 16.7 Å². The van der Waals surface area contributed by atoms with Crippen molar-refractivity contribution in [1.82, 2.24) is 19.9 Å². The van der Waals surface area contributed by atoms with Crippen LogP contribution in [0.2, 0.25) is 5.15 Å². The summed E-state index contributed by atoms with van der Waals surface area (Å²) in [5, 5.41) is 33.0. The molecule has 0 bridgehead atoms. The van der Waals surface area contributed by atoms with Crippen molar-refractivity contribution < 1.29 is 67.8 Å². The van der Waals surface area contributed by atoms with E-state index in [1.807, 2.05) is 12.1 Å². The van der Waals surface area contributed by atoms with Gasteiger partial charge in [0.2, 0.25) is 0 Å². The van der Waals surface area contributed by atoms with E-state index in [4.69, 9.17) is 42.8 Å². The van der Waals surface area contributed by atoms with Crippen molar-refractivity contribution in [2.45, 2.75) is 28.7 Å². The van der Waals surface area contributed by atoms with Crippen LogP contribution in [0.15, 0.2) is 155 Å². The third-order valence-electron chi connectivity index (χ3n) is 10.6. The quantitative estimate of drug-likeness (QED) is 0.0366. The zero-order valence-electron chi connectivity index (χ0n) is 38.6. The Morgan fingerprint density at radius 1 is 0.737 bits per heavy atom. The van der Waals surface area contributed by atoms with Gasteiger partial charge in [-0.1, -0.05) is 41.9 Å². The Hall–Kier alpha value is -7.58. The molecule has 4 heterocycles. The molecule has 392 valence electrons. The first-order chi connectivity index (χ1) is 36.0. The summed E-state index contributed by atoms with van der Waals surface area (Å²) in [7, 11) is -8.16. The number of rotatable bonds is 13. The summed E-state index contributed by atoms with van der Waals surface area (Å²) in [6, 6.07) is 24.6. The molecule has 28 heteroatoms. The van der Waals surface area contributed by atoms with Crippen LogP contribution >= 0.6 is 34.3 Å². The minimum atomic E-state index is -4.59. The van der Waals surface area contributed by atoms with Gasteiger partial charge >= 0.3 is 26.2 Å². The molecule has 0 fully saturated rings. The number of halogens is 7. The summed E-state index contributed by atoms with van der Waals surface area (Å²) in [6.45, 7) is 6.56. The van der Waals surface area contributed by atoms with E-state index in [0.29, 0.717) is 49.7 Å². The fraction of sp³-hybridized carbons (Fsp3) is 0.104. The van der Waals surface area contributed by atoms with Crippen LogP contribution in [-0.2, 0) is 38.9 Å². The second-order valence-corrected chi connectivity index (χ2v) is 21.1. The molecule has 0 saturated carbocycles. The molecule has 0 atom stereocenters. The number of thiazole rings is 2. The number of fused-ring (bicyclic) bond motifs is 2. The summed E-state index contributed by atoms with van der Waals surface area (Å²) in [5.41, 5.74) is -0.977. The lowest BCUT2D eigenvalue weighted by Crippen LogP contribution is -2.30. The Morgan fingerprint density at radius 2 is 1.36 bits per heavy atom. The third-order valence-corrected chi connectivity index (χ3v) is 15.7. The lowest BCUT2D eigenvalue weighted by Gasteiger charge is -2.22. The predicted molar refractivity (Wildman–Crippen MR) is 275 cm³/mol. The third kappa shape index (κ3) is 13.4. The van der Waals surface area contributed by atoms with E-state index in [1.54, 1.807) is 72.7 Å². The maximum Gasteiger partial charge on any atom is 0.492 e. The van der Waals surface area contributed by atoms with E-state index in [1.165, 1.54) is 52.3 Å². The first kappa shape index (κ1) is 56.2. The van der Waals surface area contributed by atoms with Crippen LogP contribution in [0.3, 0.4) is 0 Å². The maximum absolute atomic E-state index is 13.5. The molecule has 5 aromatic carbocycles. The van der Waals surface area contributed by atoms with Gasteiger partial charge in [0.05, 0.1) is 40.3 Å². The number of alkyl halides is 6. The number of nitrogens with one attached hydrogen (secondary N) is 1. The highest BCUT2D eigenvalue weighted by Gasteiger charge is 2.33. The van der Waals surface area contributed by atoms with Crippen LogP contribution in [-0.4, -0.2) is 72.9 Å². The number of pyridine rings is 2. The number of sulfonamides is 2. The van der Waals surface area contributed by atoms with E-state index in [-0.39, 0.29) is 43.9 Å². The van der Waals surface area contributed by atoms with E-state index in [9.17, 15) is 43.2 Å². The maximum atomic E-state index is 13.5. The van der Waals surface area contributed by atoms with E-state index < -0.39 is 63.1 Å². The first-order valence-electron chi connectivity index (χ1n) is 21.3. The zero-order chi connectivity index (χ0) is 55.0. The lowest BCUT2D eigenvalue weighted by atomic mass is 9.79. The van der Waals surface area contributed by atoms with Gasteiger partial charge in [-0.05, 0) is 95.2 Å². The van der Waals surface area contributed by atoms with Gasteiger partial charge in [0.1, 0.15) is 22.4 Å². The summed E-state index contributed by atoms with van der Waals surface area (Å²) in [4.78, 5) is 19.6. The number of phenols is 1. The molecule has 16 nitrogen and oxygen atoms in total. The number of hydrogen-bond acceptors (Lipinski definition) is 15. The van der Waals surface area contributed by atoms with Gasteiger partial charge in [0.15, 0.2) is 10.3 Å². The van der Waals surface area contributed by atoms with Crippen molar-refractivity contribution in [2.75, 3.05) is 22.9 Å². The van der Waals surface area contributed by atoms with Crippen LogP contribution in [0, 0.1) is 6.57 Å².